The summed E-state index contributed by atoms with van der Waals surface area (Å²) >= 11 is 6.07. The fourth-order valence-corrected chi connectivity index (χ4v) is 9.26. The van der Waals surface area contributed by atoms with E-state index in [1.54, 1.807) is 11.0 Å². The third-order valence-corrected chi connectivity index (χ3v) is 11.9. The van der Waals surface area contributed by atoms with Crippen molar-refractivity contribution in [1.82, 2.24) is 9.80 Å². The number of aliphatic hydroxyl groups is 2. The van der Waals surface area contributed by atoms with Gasteiger partial charge in [-0.1, -0.05) is 36.2 Å². The summed E-state index contributed by atoms with van der Waals surface area (Å²) in [5, 5.41) is 24.4. The van der Waals surface area contributed by atoms with Crippen LogP contribution in [-0.4, -0.2) is 116 Å². The van der Waals surface area contributed by atoms with Gasteiger partial charge < -0.3 is 43.5 Å². The summed E-state index contributed by atoms with van der Waals surface area (Å²) in [5.41, 5.74) is 3.43. The van der Waals surface area contributed by atoms with Gasteiger partial charge in [0.05, 0.1) is 24.1 Å². The van der Waals surface area contributed by atoms with Crippen molar-refractivity contribution in [2.45, 2.75) is 69.2 Å². The number of halogens is 1. The van der Waals surface area contributed by atoms with Crippen LogP contribution in [0.2, 0.25) is 0 Å². The Bertz CT molecular complexity index is 1770. The molecule has 5 aliphatic rings. The van der Waals surface area contributed by atoms with Crippen molar-refractivity contribution in [1.29, 1.82) is 0 Å². The van der Waals surface area contributed by atoms with E-state index in [1.165, 1.54) is 7.11 Å². The van der Waals surface area contributed by atoms with Crippen LogP contribution >= 0.6 is 11.6 Å². The average Bonchev–Trinajstić information content (AvgIpc) is 3.93. The predicted molar refractivity (Wildman–Crippen MR) is 214 cm³/mol. The lowest BCUT2D eigenvalue weighted by molar-refractivity contribution is -0.256. The lowest BCUT2D eigenvalue weighted by atomic mass is 9.55. The molecule has 7 rings (SSSR count). The number of allylic oxidation sites excluding steroid dienone is 1. The lowest BCUT2D eigenvalue weighted by Gasteiger charge is -2.59. The van der Waals surface area contributed by atoms with Crippen molar-refractivity contribution in [3.05, 3.63) is 71.8 Å². The highest BCUT2D eigenvalue weighted by atomic mass is 35.5. The minimum absolute atomic E-state index is 0.00810. The highest BCUT2D eigenvalue weighted by molar-refractivity contribution is 6.18. The molecule has 13 nitrogen and oxygen atoms in total. The van der Waals surface area contributed by atoms with Gasteiger partial charge in [0.25, 0.3) is 0 Å². The molecule has 3 heterocycles. The molecule has 1 saturated carbocycles. The van der Waals surface area contributed by atoms with Gasteiger partial charge in [-0.15, -0.1) is 18.2 Å². The van der Waals surface area contributed by atoms with E-state index in [0.717, 1.165) is 67.8 Å². The smallest absolute Gasteiger partial charge is 0.410 e. The maximum Gasteiger partial charge on any atom is 0.410 e. The molecule has 1 amide bonds. The first-order valence-corrected chi connectivity index (χ1v) is 20.8. The Labute approximate surface area is 340 Å². The molecular formula is C43H56ClN3O10. The summed E-state index contributed by atoms with van der Waals surface area (Å²) in [5.74, 6) is 0.876. The zero-order chi connectivity index (χ0) is 39.8. The molecule has 2 N–H and O–H groups in total. The second-order valence-corrected chi connectivity index (χ2v) is 15.6. The van der Waals surface area contributed by atoms with Gasteiger partial charge >= 0.3 is 6.09 Å². The number of benzene rings is 2. The van der Waals surface area contributed by atoms with Gasteiger partial charge in [-0.05, 0) is 79.0 Å². The minimum atomic E-state index is -1.44. The number of amides is 1. The molecule has 6 atom stereocenters. The normalized spacial score (nSPS) is 26.1. The summed E-state index contributed by atoms with van der Waals surface area (Å²) in [7, 11) is 1.53. The Morgan fingerprint density at radius 2 is 1.84 bits per heavy atom. The summed E-state index contributed by atoms with van der Waals surface area (Å²) < 4.78 is 37.8. The van der Waals surface area contributed by atoms with E-state index in [0.29, 0.717) is 42.4 Å². The molecule has 2 aliphatic carbocycles. The Morgan fingerprint density at radius 1 is 1.05 bits per heavy atom. The Kier molecular flexibility index (Phi) is 13.8. The first-order chi connectivity index (χ1) is 27.9. The van der Waals surface area contributed by atoms with Crippen molar-refractivity contribution in [2.75, 3.05) is 72.5 Å². The van der Waals surface area contributed by atoms with Crippen molar-refractivity contribution >= 4 is 23.4 Å². The van der Waals surface area contributed by atoms with Gasteiger partial charge in [0.15, 0.2) is 11.5 Å². The number of ether oxygens (including phenoxy) is 6. The molecule has 0 radical (unpaired) electrons. The van der Waals surface area contributed by atoms with E-state index in [1.807, 2.05) is 30.3 Å². The van der Waals surface area contributed by atoms with E-state index in [9.17, 15) is 15.0 Å². The standard InChI is InChI=1S/C43H56ClN3O10/c1-3-20-56-43-39(47(42(50)53-21-14-44)27-29-10-12-37-38(23-29)55-28-54-37)26-35(45-51-2)33-24-30(8-4-6-18-48)32(9-5-7-19-49)40(41(33)43)34-25-31(11-13-36(34)57-43)52-22-17-46-15-16-46/h3,10-13,23-25,30,32,39-41,48-49H,1,4-9,14-22,26-28H2,2H3/t30-,32+,39-,40+,41+,43+/m0/s1. The van der Waals surface area contributed by atoms with E-state index < -0.39 is 23.8 Å². The predicted octanol–water partition coefficient (Wildman–Crippen LogP) is 6.25. The summed E-state index contributed by atoms with van der Waals surface area (Å²) in [6.45, 7) is 8.25. The fourth-order valence-electron chi connectivity index (χ4n) is 9.18. The molecule has 2 fully saturated rings. The molecule has 0 spiro atoms. The van der Waals surface area contributed by atoms with E-state index >= 15 is 0 Å². The van der Waals surface area contributed by atoms with Crippen molar-refractivity contribution in [2.24, 2.45) is 22.9 Å². The SMILES string of the molecule is C=CCO[C@@]12Oc3ccc(OCCN4CC4)cc3[C@H]3[C@H](CCCCO)[C@@H](CCCCO)C=C(C(=NOC)C[C@@H]1N(Cc1ccc4c(c1)OCO4)C(=O)OCCCl)[C@H]32. The van der Waals surface area contributed by atoms with Gasteiger partial charge in [-0.25, -0.2) is 4.79 Å². The van der Waals surface area contributed by atoms with Crippen LogP contribution in [0.3, 0.4) is 0 Å². The molecular weight excluding hydrogens is 754 g/mol. The van der Waals surface area contributed by atoms with E-state index in [2.05, 4.69) is 28.8 Å². The maximum absolute atomic E-state index is 14.4. The molecule has 0 aromatic heterocycles. The largest absolute Gasteiger partial charge is 0.492 e. The van der Waals surface area contributed by atoms with Crippen LogP contribution in [0.1, 0.15) is 62.0 Å². The fraction of sp³-hybridized carbons (Fsp3) is 0.581. The van der Waals surface area contributed by atoms with Crippen molar-refractivity contribution < 1.29 is 48.3 Å². The molecule has 0 unspecified atom stereocenters. The molecule has 1 saturated heterocycles. The monoisotopic (exact) mass is 809 g/mol. The second-order valence-electron chi connectivity index (χ2n) is 15.3. The molecule has 3 aliphatic heterocycles. The molecule has 2 aromatic rings. The number of unbranched alkanes of at least 4 members (excludes halogenated alkanes) is 2. The van der Waals surface area contributed by atoms with Crippen molar-refractivity contribution in [3.8, 4) is 23.0 Å². The number of aliphatic hydroxyl groups excluding tert-OH is 2. The Morgan fingerprint density at radius 3 is 2.60 bits per heavy atom. The topological polar surface area (TPSA) is 141 Å². The number of carbonyl (C=O) groups excluding carboxylic acids is 1. The maximum atomic E-state index is 14.4. The zero-order valence-corrected chi connectivity index (χ0v) is 33.6. The number of rotatable bonds is 21. The molecule has 57 heavy (non-hydrogen) atoms. The van der Waals surface area contributed by atoms with Gasteiger partial charge in [-0.2, -0.15) is 0 Å². The van der Waals surface area contributed by atoms with Crippen LogP contribution in [0.5, 0.6) is 23.0 Å². The van der Waals surface area contributed by atoms with E-state index in [-0.39, 0.29) is 69.8 Å². The Balaban J connectivity index is 1.40. The first kappa shape index (κ1) is 41.2. The molecule has 2 aromatic carbocycles. The highest BCUT2D eigenvalue weighted by Gasteiger charge is 2.65. The summed E-state index contributed by atoms with van der Waals surface area (Å²) in [6, 6.07) is 10.9. The van der Waals surface area contributed by atoms with Crippen LogP contribution in [0, 0.1) is 17.8 Å². The number of oxime groups is 1. The number of carbonyl (C=O) groups is 1. The first-order valence-electron chi connectivity index (χ1n) is 20.3. The number of fused-ring (bicyclic) bond motifs is 3. The number of hydrogen-bond acceptors (Lipinski definition) is 12. The van der Waals surface area contributed by atoms with Crippen LogP contribution in [0.15, 0.2) is 65.9 Å². The number of nitrogens with zero attached hydrogens (tertiary/aromatic N) is 3. The average molecular weight is 810 g/mol. The van der Waals surface area contributed by atoms with Gasteiger partial charge in [0.1, 0.15) is 37.9 Å². The third kappa shape index (κ3) is 9.02. The number of alkyl halides is 1. The van der Waals surface area contributed by atoms with Gasteiger partial charge in [0, 0.05) is 57.3 Å². The van der Waals surface area contributed by atoms with Crippen LogP contribution in [-0.2, 0) is 20.9 Å². The molecule has 310 valence electrons. The van der Waals surface area contributed by atoms with E-state index in [4.69, 9.17) is 44.9 Å². The van der Waals surface area contributed by atoms with Gasteiger partial charge in [0.2, 0.25) is 12.6 Å². The Hall–Kier alpha value is -4.01. The summed E-state index contributed by atoms with van der Waals surface area (Å²) in [6.07, 6.45) is 8.36. The van der Waals surface area contributed by atoms with Crippen molar-refractivity contribution in [3.63, 3.8) is 0 Å². The number of hydrogen-bond donors (Lipinski definition) is 2. The molecule has 0 bridgehead atoms. The van der Waals surface area contributed by atoms with Gasteiger partial charge in [-0.3, -0.25) is 9.80 Å². The minimum Gasteiger partial charge on any atom is -0.492 e. The van der Waals surface area contributed by atoms with Crippen LogP contribution in [0.4, 0.5) is 4.79 Å². The van der Waals surface area contributed by atoms with Crippen LogP contribution in [0.25, 0.3) is 0 Å². The summed E-state index contributed by atoms with van der Waals surface area (Å²) in [4.78, 5) is 24.0. The lowest BCUT2D eigenvalue weighted by Crippen LogP contribution is -2.70. The quantitative estimate of drug-likeness (QED) is 0.0486. The zero-order valence-electron chi connectivity index (χ0n) is 32.8. The molecule has 14 heteroatoms. The highest BCUT2D eigenvalue weighted by Crippen LogP contribution is 2.62. The third-order valence-electron chi connectivity index (χ3n) is 11.8. The second kappa shape index (κ2) is 19.2. The van der Waals surface area contributed by atoms with Crippen LogP contribution < -0.4 is 18.9 Å².